The average Bonchev–Trinajstić information content (AvgIpc) is 2.65. The molecule has 3 amide bonds. The van der Waals surface area contributed by atoms with Gasteiger partial charge in [-0.3, -0.25) is 14.7 Å². The van der Waals surface area contributed by atoms with Gasteiger partial charge in [0.15, 0.2) is 0 Å². The number of nitrogens with zero attached hydrogens (tertiary/aromatic N) is 4. The predicted molar refractivity (Wildman–Crippen MR) is 99.6 cm³/mol. The largest absolute Gasteiger partial charge is 0.351 e. The maximum atomic E-state index is 11.6. The molecule has 3 rings (SSSR count). The lowest BCUT2D eigenvalue weighted by molar-refractivity contribution is -0.129. The Morgan fingerprint density at radius 3 is 2.65 bits per heavy atom. The van der Waals surface area contributed by atoms with Crippen LogP contribution in [0.4, 0.5) is 10.6 Å². The fourth-order valence-corrected chi connectivity index (χ4v) is 3.18. The van der Waals surface area contributed by atoms with Gasteiger partial charge < -0.3 is 10.6 Å². The van der Waals surface area contributed by atoms with Crippen molar-refractivity contribution in [1.82, 2.24) is 14.9 Å². The zero-order valence-electron chi connectivity index (χ0n) is 15.3. The lowest BCUT2D eigenvalue weighted by Gasteiger charge is -2.27. The van der Waals surface area contributed by atoms with Gasteiger partial charge in [0.25, 0.3) is 0 Å². The van der Waals surface area contributed by atoms with Crippen molar-refractivity contribution in [1.29, 1.82) is 0 Å². The van der Waals surface area contributed by atoms with Crippen molar-refractivity contribution < 1.29 is 9.59 Å². The quantitative estimate of drug-likeness (QED) is 0.917. The van der Waals surface area contributed by atoms with E-state index in [9.17, 15) is 9.59 Å². The number of carbonyl (C=O) groups excluding carboxylic acids is 2. The van der Waals surface area contributed by atoms with Crippen LogP contribution in [0.5, 0.6) is 0 Å². The summed E-state index contributed by atoms with van der Waals surface area (Å²) >= 11 is 0. The van der Waals surface area contributed by atoms with Crippen LogP contribution in [-0.4, -0.2) is 40.4 Å². The second-order valence-corrected chi connectivity index (χ2v) is 6.61. The summed E-state index contributed by atoms with van der Waals surface area (Å²) in [5.74, 6) is 0.645. The van der Waals surface area contributed by atoms with Gasteiger partial charge in [0.05, 0.1) is 6.04 Å². The number of hydrogen-bond donors (Lipinski definition) is 1. The fourth-order valence-electron chi connectivity index (χ4n) is 3.18. The molecule has 2 aromatic rings. The molecule has 0 bridgehead atoms. The molecular weight excluding hydrogens is 330 g/mol. The first-order valence-corrected chi connectivity index (χ1v) is 8.63. The third kappa shape index (κ3) is 3.37. The predicted octanol–water partition coefficient (Wildman–Crippen LogP) is 2.51. The summed E-state index contributed by atoms with van der Waals surface area (Å²) in [7, 11) is 1.78. The minimum atomic E-state index is -0.476. The normalized spacial score (nSPS) is 14.5. The maximum absolute atomic E-state index is 11.6. The molecule has 0 aromatic carbocycles. The van der Waals surface area contributed by atoms with Crippen molar-refractivity contribution in [3.05, 3.63) is 41.9 Å². The lowest BCUT2D eigenvalue weighted by atomic mass is 9.99. The highest BCUT2D eigenvalue weighted by Gasteiger charge is 2.22. The van der Waals surface area contributed by atoms with Gasteiger partial charge in [-0.25, -0.2) is 9.78 Å². The van der Waals surface area contributed by atoms with Crippen LogP contribution in [0.15, 0.2) is 30.7 Å². The highest BCUT2D eigenvalue weighted by Crippen LogP contribution is 2.30. The van der Waals surface area contributed by atoms with Crippen LogP contribution < -0.4 is 10.6 Å². The molecule has 7 nitrogen and oxygen atoms in total. The molecule has 2 aromatic heterocycles. The first-order valence-electron chi connectivity index (χ1n) is 8.63. The third-order valence-corrected chi connectivity index (χ3v) is 4.95. The molecule has 1 aliphatic heterocycles. The molecule has 0 radical (unpaired) electrons. The smallest absolute Gasteiger partial charge is 0.320 e. The zero-order valence-corrected chi connectivity index (χ0v) is 15.3. The molecule has 0 unspecified atom stereocenters. The summed E-state index contributed by atoms with van der Waals surface area (Å²) in [6.07, 6.45) is 7.01. The van der Waals surface area contributed by atoms with Crippen molar-refractivity contribution in [3.63, 3.8) is 0 Å². The molecule has 1 atom stereocenters. The molecule has 2 N–H and O–H groups in total. The Balaban J connectivity index is 1.94. The molecule has 7 heteroatoms. The molecule has 0 fully saturated rings. The van der Waals surface area contributed by atoms with E-state index in [4.69, 9.17) is 5.73 Å². The summed E-state index contributed by atoms with van der Waals surface area (Å²) in [4.78, 5) is 35.2. The lowest BCUT2D eigenvalue weighted by Crippen LogP contribution is -2.40. The number of primary amides is 1. The summed E-state index contributed by atoms with van der Waals surface area (Å²) in [6, 6.07) is 3.51. The topological polar surface area (TPSA) is 92.4 Å². The van der Waals surface area contributed by atoms with E-state index in [1.165, 1.54) is 4.90 Å². The van der Waals surface area contributed by atoms with E-state index in [1.54, 1.807) is 37.5 Å². The van der Waals surface area contributed by atoms with E-state index in [0.717, 1.165) is 35.1 Å². The number of nitrogens with two attached hydrogens (primary N) is 1. The maximum Gasteiger partial charge on any atom is 0.320 e. The number of urea groups is 1. The van der Waals surface area contributed by atoms with Crippen molar-refractivity contribution in [2.24, 2.45) is 5.73 Å². The van der Waals surface area contributed by atoms with Gasteiger partial charge in [-0.05, 0) is 43.0 Å². The highest BCUT2D eigenvalue weighted by molar-refractivity contribution is 5.91. The Morgan fingerprint density at radius 1 is 1.23 bits per heavy atom. The van der Waals surface area contributed by atoms with Crippen LogP contribution in [0.1, 0.15) is 37.4 Å². The number of rotatable bonds is 3. The number of amides is 3. The number of pyridine rings is 2. The highest BCUT2D eigenvalue weighted by atomic mass is 16.2. The van der Waals surface area contributed by atoms with Gasteiger partial charge in [-0.1, -0.05) is 0 Å². The van der Waals surface area contributed by atoms with E-state index < -0.39 is 6.03 Å². The number of hydrogen-bond acceptors (Lipinski definition) is 4. The first kappa shape index (κ1) is 17.8. The van der Waals surface area contributed by atoms with E-state index in [-0.39, 0.29) is 11.9 Å². The second-order valence-electron chi connectivity index (χ2n) is 6.61. The van der Waals surface area contributed by atoms with Gasteiger partial charge in [0, 0.05) is 50.2 Å². The molecule has 136 valence electrons. The van der Waals surface area contributed by atoms with Gasteiger partial charge in [-0.2, -0.15) is 0 Å². The van der Waals surface area contributed by atoms with E-state index in [1.807, 2.05) is 19.1 Å². The Hall–Kier alpha value is -2.96. The van der Waals surface area contributed by atoms with Crippen molar-refractivity contribution in [3.8, 4) is 11.1 Å². The number of aromatic nitrogens is 2. The van der Waals surface area contributed by atoms with Crippen LogP contribution in [0.25, 0.3) is 11.1 Å². The summed E-state index contributed by atoms with van der Waals surface area (Å²) in [5, 5.41) is 0. The standard InChI is InChI=1S/C19H23N5O2/c1-12(23(3)13(2)25)15-8-16(10-21-9-15)17-7-14-5-4-6-24(19(20)26)18(14)22-11-17/h7-12H,4-6H2,1-3H3,(H2,20,26)/t12-/m0/s1. The molecule has 1 aliphatic rings. The summed E-state index contributed by atoms with van der Waals surface area (Å²) in [5.41, 5.74) is 9.26. The first-order chi connectivity index (χ1) is 12.4. The van der Waals surface area contributed by atoms with Crippen LogP contribution in [0.3, 0.4) is 0 Å². The molecule has 3 heterocycles. The number of anilines is 1. The molecule has 0 saturated carbocycles. The Bertz CT molecular complexity index is 852. The molecule has 0 spiro atoms. The number of aryl methyl sites for hydroxylation is 1. The zero-order chi connectivity index (χ0) is 18.8. The van der Waals surface area contributed by atoms with Gasteiger partial charge in [-0.15, -0.1) is 0 Å². The minimum absolute atomic E-state index is 0.00453. The SMILES string of the molecule is CC(=O)N(C)[C@@H](C)c1cncc(-c2cnc3c(c2)CCCN3C(N)=O)c1. The Morgan fingerprint density at radius 2 is 1.96 bits per heavy atom. The van der Waals surface area contributed by atoms with Gasteiger partial charge in [0.2, 0.25) is 5.91 Å². The number of carbonyl (C=O) groups is 2. The Kier molecular flexibility index (Phi) is 4.88. The molecular formula is C19H23N5O2. The van der Waals surface area contributed by atoms with Gasteiger partial charge >= 0.3 is 6.03 Å². The van der Waals surface area contributed by atoms with E-state index in [0.29, 0.717) is 12.4 Å². The molecule has 0 saturated heterocycles. The van der Waals surface area contributed by atoms with Crippen molar-refractivity contribution in [2.45, 2.75) is 32.7 Å². The van der Waals surface area contributed by atoms with E-state index in [2.05, 4.69) is 9.97 Å². The van der Waals surface area contributed by atoms with Crippen molar-refractivity contribution >= 4 is 17.8 Å². The second kappa shape index (κ2) is 7.11. The number of fused-ring (bicyclic) bond motifs is 1. The average molecular weight is 353 g/mol. The molecule has 26 heavy (non-hydrogen) atoms. The minimum Gasteiger partial charge on any atom is -0.351 e. The van der Waals surface area contributed by atoms with Crippen LogP contribution in [0.2, 0.25) is 0 Å². The summed E-state index contributed by atoms with van der Waals surface area (Å²) in [6.45, 7) is 4.12. The Labute approximate surface area is 152 Å². The third-order valence-electron chi connectivity index (χ3n) is 4.95. The van der Waals surface area contributed by atoms with Crippen LogP contribution >= 0.6 is 0 Å². The fraction of sp³-hybridized carbons (Fsp3) is 0.368. The van der Waals surface area contributed by atoms with Crippen molar-refractivity contribution in [2.75, 3.05) is 18.5 Å². The molecule has 0 aliphatic carbocycles. The van der Waals surface area contributed by atoms with Gasteiger partial charge in [0.1, 0.15) is 5.82 Å². The van der Waals surface area contributed by atoms with Crippen LogP contribution in [-0.2, 0) is 11.2 Å². The summed E-state index contributed by atoms with van der Waals surface area (Å²) < 4.78 is 0. The van der Waals surface area contributed by atoms with Crippen LogP contribution in [0, 0.1) is 0 Å². The van der Waals surface area contributed by atoms with E-state index >= 15 is 0 Å². The monoisotopic (exact) mass is 353 g/mol.